The van der Waals surface area contributed by atoms with Crippen molar-refractivity contribution >= 4 is 0 Å². The molecule has 1 atom stereocenters. The number of fused-ring (bicyclic) bond motifs is 1. The predicted octanol–water partition coefficient (Wildman–Crippen LogP) is 2.52. The van der Waals surface area contributed by atoms with Crippen LogP contribution in [0, 0.1) is 5.82 Å². The standard InChI is InChI=1S/C10H8F4O/c11-7-1-2-8-6(5-7)3-4-9(8,15)10(12,13)14/h1-2,5,15H,3-4H2. The molecular weight excluding hydrogens is 212 g/mol. The van der Waals surface area contributed by atoms with Crippen LogP contribution < -0.4 is 0 Å². The van der Waals surface area contributed by atoms with E-state index in [1.165, 1.54) is 0 Å². The SMILES string of the molecule is OC1(C(F)(F)F)CCc2cc(F)ccc21. The quantitative estimate of drug-likeness (QED) is 0.666. The Balaban J connectivity index is 2.53. The van der Waals surface area contributed by atoms with E-state index < -0.39 is 24.0 Å². The molecule has 15 heavy (non-hydrogen) atoms. The lowest BCUT2D eigenvalue weighted by molar-refractivity contribution is -0.265. The number of benzene rings is 1. The normalized spacial score (nSPS) is 25.4. The van der Waals surface area contributed by atoms with Crippen molar-refractivity contribution < 1.29 is 22.7 Å². The lowest BCUT2D eigenvalue weighted by atomic mass is 9.95. The molecule has 0 bridgehead atoms. The van der Waals surface area contributed by atoms with Crippen LogP contribution in [-0.2, 0) is 12.0 Å². The van der Waals surface area contributed by atoms with Gasteiger partial charge in [-0.2, -0.15) is 13.2 Å². The first kappa shape index (κ1) is 10.4. The molecular formula is C10H8F4O. The number of aryl methyl sites for hydroxylation is 1. The highest BCUT2D eigenvalue weighted by Gasteiger charge is 2.57. The van der Waals surface area contributed by atoms with Crippen molar-refractivity contribution in [3.63, 3.8) is 0 Å². The van der Waals surface area contributed by atoms with Crippen molar-refractivity contribution in [2.45, 2.75) is 24.6 Å². The van der Waals surface area contributed by atoms with E-state index in [4.69, 9.17) is 0 Å². The fourth-order valence-corrected chi connectivity index (χ4v) is 1.92. The van der Waals surface area contributed by atoms with Crippen molar-refractivity contribution in [3.8, 4) is 0 Å². The summed E-state index contributed by atoms with van der Waals surface area (Å²) in [6.07, 6.45) is -5.10. The Hall–Kier alpha value is -1.10. The van der Waals surface area contributed by atoms with Gasteiger partial charge in [-0.25, -0.2) is 4.39 Å². The van der Waals surface area contributed by atoms with Crippen LogP contribution in [0.5, 0.6) is 0 Å². The number of alkyl halides is 3. The first-order valence-electron chi connectivity index (χ1n) is 4.42. The van der Waals surface area contributed by atoms with Gasteiger partial charge < -0.3 is 5.11 Å². The van der Waals surface area contributed by atoms with Crippen molar-refractivity contribution in [1.82, 2.24) is 0 Å². The van der Waals surface area contributed by atoms with Gasteiger partial charge in [0.05, 0.1) is 0 Å². The van der Waals surface area contributed by atoms with Gasteiger partial charge in [0.2, 0.25) is 0 Å². The fourth-order valence-electron chi connectivity index (χ4n) is 1.92. The van der Waals surface area contributed by atoms with Crippen LogP contribution in [0.2, 0.25) is 0 Å². The third-order valence-electron chi connectivity index (χ3n) is 2.74. The Morgan fingerprint density at radius 1 is 1.27 bits per heavy atom. The zero-order chi connectivity index (χ0) is 11.3. The van der Waals surface area contributed by atoms with Crippen LogP contribution in [0.4, 0.5) is 17.6 Å². The second-order valence-corrected chi connectivity index (χ2v) is 3.66. The number of hydrogen-bond acceptors (Lipinski definition) is 1. The maximum atomic E-state index is 12.7. The minimum atomic E-state index is -4.71. The predicted molar refractivity (Wildman–Crippen MR) is 44.7 cm³/mol. The van der Waals surface area contributed by atoms with E-state index >= 15 is 0 Å². The average Bonchev–Trinajstić information content (AvgIpc) is 2.43. The molecule has 0 saturated carbocycles. The third-order valence-corrected chi connectivity index (χ3v) is 2.74. The van der Waals surface area contributed by atoms with Gasteiger partial charge in [0.1, 0.15) is 5.82 Å². The molecule has 0 spiro atoms. The molecule has 0 amide bonds. The van der Waals surface area contributed by atoms with Gasteiger partial charge in [0.15, 0.2) is 5.60 Å². The van der Waals surface area contributed by atoms with E-state index in [-0.39, 0.29) is 17.5 Å². The zero-order valence-electron chi connectivity index (χ0n) is 7.61. The molecule has 1 aliphatic carbocycles. The highest BCUT2D eigenvalue weighted by molar-refractivity contribution is 5.38. The molecule has 0 aromatic heterocycles. The Morgan fingerprint density at radius 3 is 2.53 bits per heavy atom. The highest BCUT2D eigenvalue weighted by atomic mass is 19.4. The van der Waals surface area contributed by atoms with E-state index in [1.54, 1.807) is 0 Å². The molecule has 2 rings (SSSR count). The largest absolute Gasteiger partial charge is 0.421 e. The summed E-state index contributed by atoms with van der Waals surface area (Å²) in [6.45, 7) is 0. The number of rotatable bonds is 0. The van der Waals surface area contributed by atoms with Crippen LogP contribution in [0.1, 0.15) is 17.5 Å². The van der Waals surface area contributed by atoms with Gasteiger partial charge in [0.25, 0.3) is 0 Å². The number of aliphatic hydroxyl groups is 1. The van der Waals surface area contributed by atoms with Crippen molar-refractivity contribution in [3.05, 3.63) is 35.1 Å². The summed E-state index contributed by atoms with van der Waals surface area (Å²) in [7, 11) is 0. The molecule has 0 heterocycles. The molecule has 1 nitrogen and oxygen atoms in total. The molecule has 0 aliphatic heterocycles. The van der Waals surface area contributed by atoms with Crippen LogP contribution in [0.3, 0.4) is 0 Å². The minimum Gasteiger partial charge on any atom is -0.376 e. The molecule has 0 fully saturated rings. The Labute approximate surface area is 83.3 Å². The summed E-state index contributed by atoms with van der Waals surface area (Å²) in [4.78, 5) is 0. The van der Waals surface area contributed by atoms with Gasteiger partial charge in [-0.3, -0.25) is 0 Å². The Bertz CT molecular complexity index is 399. The highest BCUT2D eigenvalue weighted by Crippen LogP contribution is 2.47. The number of hydrogen-bond donors (Lipinski definition) is 1. The van der Waals surface area contributed by atoms with Gasteiger partial charge in [0, 0.05) is 0 Å². The molecule has 5 heteroatoms. The maximum absolute atomic E-state index is 12.7. The summed E-state index contributed by atoms with van der Waals surface area (Å²) in [6, 6.07) is 2.98. The molecule has 1 unspecified atom stereocenters. The lowest BCUT2D eigenvalue weighted by Gasteiger charge is -2.26. The van der Waals surface area contributed by atoms with Crippen molar-refractivity contribution in [2.75, 3.05) is 0 Å². The summed E-state index contributed by atoms with van der Waals surface area (Å²) in [5.41, 5.74) is -2.80. The molecule has 1 aliphatic rings. The van der Waals surface area contributed by atoms with Crippen LogP contribution >= 0.6 is 0 Å². The Morgan fingerprint density at radius 2 is 1.93 bits per heavy atom. The van der Waals surface area contributed by atoms with Crippen LogP contribution in [-0.4, -0.2) is 11.3 Å². The van der Waals surface area contributed by atoms with Gasteiger partial charge >= 0.3 is 6.18 Å². The van der Waals surface area contributed by atoms with Crippen molar-refractivity contribution in [2.24, 2.45) is 0 Å². The smallest absolute Gasteiger partial charge is 0.376 e. The lowest BCUT2D eigenvalue weighted by Crippen LogP contribution is -2.40. The summed E-state index contributed by atoms with van der Waals surface area (Å²) < 4.78 is 50.5. The molecule has 82 valence electrons. The van der Waals surface area contributed by atoms with E-state index in [1.807, 2.05) is 0 Å². The average molecular weight is 220 g/mol. The second kappa shape index (κ2) is 2.95. The molecule has 1 aromatic carbocycles. The third kappa shape index (κ3) is 1.42. The fraction of sp³-hybridized carbons (Fsp3) is 0.400. The minimum absolute atomic E-state index is 0.0447. The van der Waals surface area contributed by atoms with Crippen molar-refractivity contribution in [1.29, 1.82) is 0 Å². The first-order chi connectivity index (χ1) is 6.84. The maximum Gasteiger partial charge on any atom is 0.421 e. The van der Waals surface area contributed by atoms with Crippen LogP contribution in [0.15, 0.2) is 18.2 Å². The van der Waals surface area contributed by atoms with Crippen LogP contribution in [0.25, 0.3) is 0 Å². The monoisotopic (exact) mass is 220 g/mol. The summed E-state index contributed by atoms with van der Waals surface area (Å²) >= 11 is 0. The topological polar surface area (TPSA) is 20.2 Å². The van der Waals surface area contributed by atoms with E-state index in [2.05, 4.69) is 0 Å². The van der Waals surface area contributed by atoms with E-state index in [0.717, 1.165) is 18.2 Å². The van der Waals surface area contributed by atoms with Gasteiger partial charge in [-0.05, 0) is 36.1 Å². The number of halogens is 4. The summed E-state index contributed by atoms with van der Waals surface area (Å²) in [5, 5.41) is 9.52. The first-order valence-corrected chi connectivity index (χ1v) is 4.42. The molecule has 0 radical (unpaired) electrons. The second-order valence-electron chi connectivity index (χ2n) is 3.66. The molecule has 1 N–H and O–H groups in total. The van der Waals surface area contributed by atoms with Gasteiger partial charge in [-0.1, -0.05) is 6.07 Å². The zero-order valence-corrected chi connectivity index (χ0v) is 7.61. The van der Waals surface area contributed by atoms with Gasteiger partial charge in [-0.15, -0.1) is 0 Å². The Kier molecular flexibility index (Phi) is 2.05. The molecule has 0 saturated heterocycles. The van der Waals surface area contributed by atoms with E-state index in [0.29, 0.717) is 0 Å². The summed E-state index contributed by atoms with van der Waals surface area (Å²) in [5.74, 6) is -0.583. The molecule has 1 aromatic rings. The van der Waals surface area contributed by atoms with E-state index in [9.17, 15) is 22.7 Å².